The number of nitrogens with one attached hydrogen (secondary N) is 1. The van der Waals surface area contributed by atoms with E-state index in [0.717, 1.165) is 25.3 Å². The van der Waals surface area contributed by atoms with Crippen LogP contribution in [0.5, 0.6) is 0 Å². The van der Waals surface area contributed by atoms with E-state index in [9.17, 15) is 13.2 Å². The quantitative estimate of drug-likeness (QED) is 0.819. The van der Waals surface area contributed by atoms with Crippen molar-refractivity contribution in [1.29, 1.82) is 0 Å². The van der Waals surface area contributed by atoms with Crippen LogP contribution in [0.1, 0.15) is 31.7 Å². The Hall–Kier alpha value is -1.23. The summed E-state index contributed by atoms with van der Waals surface area (Å²) in [5, 5.41) is 2.89. The lowest BCUT2D eigenvalue weighted by atomic mass is 10.1. The van der Waals surface area contributed by atoms with E-state index >= 15 is 0 Å². The van der Waals surface area contributed by atoms with E-state index in [4.69, 9.17) is 5.73 Å². The van der Waals surface area contributed by atoms with Crippen molar-refractivity contribution in [2.45, 2.75) is 38.4 Å². The first kappa shape index (κ1) is 14.8. The number of benzene rings is 1. The van der Waals surface area contributed by atoms with Crippen LogP contribution in [0.3, 0.4) is 0 Å². The van der Waals surface area contributed by atoms with Crippen LogP contribution in [0.25, 0.3) is 0 Å². The van der Waals surface area contributed by atoms with Gasteiger partial charge in [0.1, 0.15) is 0 Å². The van der Waals surface area contributed by atoms with Crippen molar-refractivity contribution in [3.8, 4) is 0 Å². The molecule has 1 unspecified atom stereocenters. The Morgan fingerprint density at radius 3 is 2.50 bits per heavy atom. The second-order valence-corrected chi connectivity index (χ2v) is 4.26. The van der Waals surface area contributed by atoms with Crippen LogP contribution in [-0.2, 0) is 6.18 Å². The van der Waals surface area contributed by atoms with Crippen LogP contribution < -0.4 is 11.1 Å². The van der Waals surface area contributed by atoms with Crippen LogP contribution in [-0.4, -0.2) is 12.6 Å². The van der Waals surface area contributed by atoms with E-state index in [1.54, 1.807) is 6.07 Å². The highest BCUT2D eigenvalue weighted by molar-refractivity contribution is 5.53. The first-order valence-electron chi connectivity index (χ1n) is 6.11. The average Bonchev–Trinajstić information content (AvgIpc) is 2.33. The highest BCUT2D eigenvalue weighted by Crippen LogP contribution is 2.34. The average molecular weight is 260 g/mol. The molecule has 2 nitrogen and oxygen atoms in total. The van der Waals surface area contributed by atoms with Crippen LogP contribution in [0.15, 0.2) is 24.3 Å². The summed E-state index contributed by atoms with van der Waals surface area (Å²) in [6.07, 6.45) is -1.62. The molecule has 0 heterocycles. The second kappa shape index (κ2) is 6.64. The lowest BCUT2D eigenvalue weighted by molar-refractivity contribution is -0.137. The molecule has 0 aliphatic heterocycles. The van der Waals surface area contributed by atoms with Crippen molar-refractivity contribution >= 4 is 5.69 Å². The minimum atomic E-state index is -4.34. The van der Waals surface area contributed by atoms with Crippen LogP contribution >= 0.6 is 0 Å². The molecule has 0 spiro atoms. The summed E-state index contributed by atoms with van der Waals surface area (Å²) in [5.41, 5.74) is 5.05. The van der Waals surface area contributed by atoms with Gasteiger partial charge in [-0.2, -0.15) is 13.2 Å². The molecule has 0 aromatic heterocycles. The largest absolute Gasteiger partial charge is 0.418 e. The Kier molecular flexibility index (Phi) is 5.47. The molecule has 0 aliphatic rings. The van der Waals surface area contributed by atoms with Gasteiger partial charge in [-0.1, -0.05) is 31.9 Å². The Balaban J connectivity index is 2.82. The lowest BCUT2D eigenvalue weighted by Gasteiger charge is -2.21. The molecule has 1 aromatic carbocycles. The predicted octanol–water partition coefficient (Wildman–Crippen LogP) is 3.63. The zero-order chi connectivity index (χ0) is 13.6. The summed E-state index contributed by atoms with van der Waals surface area (Å²) in [7, 11) is 0. The number of halogens is 3. The van der Waals surface area contributed by atoms with E-state index in [2.05, 4.69) is 5.32 Å². The predicted molar refractivity (Wildman–Crippen MR) is 67.4 cm³/mol. The van der Waals surface area contributed by atoms with Crippen LogP contribution in [0.2, 0.25) is 0 Å². The molecule has 0 amide bonds. The Labute approximate surface area is 105 Å². The summed E-state index contributed by atoms with van der Waals surface area (Å²) < 4.78 is 38.4. The summed E-state index contributed by atoms with van der Waals surface area (Å²) in [6.45, 7) is 2.36. The number of nitrogens with two attached hydrogens (primary N) is 1. The van der Waals surface area contributed by atoms with Gasteiger partial charge < -0.3 is 11.1 Å². The van der Waals surface area contributed by atoms with E-state index in [0.29, 0.717) is 6.54 Å². The number of anilines is 1. The Morgan fingerprint density at radius 2 is 1.94 bits per heavy atom. The van der Waals surface area contributed by atoms with E-state index in [1.165, 1.54) is 12.1 Å². The van der Waals surface area contributed by atoms with Gasteiger partial charge in [0, 0.05) is 18.3 Å². The fraction of sp³-hybridized carbons (Fsp3) is 0.538. The van der Waals surface area contributed by atoms with Gasteiger partial charge in [0.05, 0.1) is 5.56 Å². The molecule has 1 aromatic rings. The summed E-state index contributed by atoms with van der Waals surface area (Å²) in [5.74, 6) is 0. The first-order valence-corrected chi connectivity index (χ1v) is 6.11. The normalized spacial score (nSPS) is 13.4. The first-order chi connectivity index (χ1) is 8.49. The third kappa shape index (κ3) is 4.22. The van der Waals surface area contributed by atoms with Gasteiger partial charge in [-0.15, -0.1) is 0 Å². The molecule has 0 fully saturated rings. The zero-order valence-electron chi connectivity index (χ0n) is 10.4. The smallest absolute Gasteiger partial charge is 0.381 e. The summed E-state index contributed by atoms with van der Waals surface area (Å²) in [4.78, 5) is 0. The summed E-state index contributed by atoms with van der Waals surface area (Å²) in [6, 6.07) is 5.38. The van der Waals surface area contributed by atoms with Crippen molar-refractivity contribution in [3.63, 3.8) is 0 Å². The Morgan fingerprint density at radius 1 is 1.28 bits per heavy atom. The third-order valence-electron chi connectivity index (χ3n) is 2.78. The van der Waals surface area contributed by atoms with Gasteiger partial charge in [-0.25, -0.2) is 0 Å². The fourth-order valence-corrected chi connectivity index (χ4v) is 1.78. The molecule has 1 rings (SSSR count). The van der Waals surface area contributed by atoms with Gasteiger partial charge in [0.25, 0.3) is 0 Å². The molecule has 0 aliphatic carbocycles. The maximum absolute atomic E-state index is 12.8. The van der Waals surface area contributed by atoms with Gasteiger partial charge in [0.2, 0.25) is 0 Å². The van der Waals surface area contributed by atoms with Crippen molar-refractivity contribution in [2.24, 2.45) is 5.73 Å². The molecule has 0 saturated heterocycles. The van der Waals surface area contributed by atoms with Crippen LogP contribution in [0, 0.1) is 0 Å². The maximum Gasteiger partial charge on any atom is 0.418 e. The second-order valence-electron chi connectivity index (χ2n) is 4.26. The van der Waals surface area contributed by atoms with Gasteiger partial charge >= 0.3 is 6.18 Å². The van der Waals surface area contributed by atoms with Crippen molar-refractivity contribution in [3.05, 3.63) is 29.8 Å². The van der Waals surface area contributed by atoms with E-state index in [1.807, 2.05) is 6.92 Å². The number of unbranched alkanes of at least 4 members (excludes halogenated alkanes) is 1. The van der Waals surface area contributed by atoms with Gasteiger partial charge in [0.15, 0.2) is 0 Å². The molecular weight excluding hydrogens is 241 g/mol. The number of para-hydroxylation sites is 1. The number of hydrogen-bond donors (Lipinski definition) is 2. The molecule has 18 heavy (non-hydrogen) atoms. The van der Waals surface area contributed by atoms with E-state index < -0.39 is 11.7 Å². The standard InChI is InChI=1S/C13H19F3N2/c1-2-3-6-10(9-17)18-12-8-5-4-7-11(12)13(14,15)16/h4-5,7-8,10,18H,2-3,6,9,17H2,1H3. The molecule has 0 radical (unpaired) electrons. The molecule has 0 bridgehead atoms. The molecule has 0 saturated carbocycles. The molecule has 5 heteroatoms. The monoisotopic (exact) mass is 260 g/mol. The maximum atomic E-state index is 12.8. The highest BCUT2D eigenvalue weighted by Gasteiger charge is 2.33. The SMILES string of the molecule is CCCCC(CN)Nc1ccccc1C(F)(F)F. The van der Waals surface area contributed by atoms with E-state index in [-0.39, 0.29) is 11.7 Å². The number of hydrogen-bond acceptors (Lipinski definition) is 2. The minimum absolute atomic E-state index is 0.108. The van der Waals surface area contributed by atoms with Crippen molar-refractivity contribution in [1.82, 2.24) is 0 Å². The molecule has 102 valence electrons. The van der Waals surface area contributed by atoms with Gasteiger partial charge in [-0.3, -0.25) is 0 Å². The van der Waals surface area contributed by atoms with Crippen molar-refractivity contribution < 1.29 is 13.2 Å². The topological polar surface area (TPSA) is 38.0 Å². The minimum Gasteiger partial charge on any atom is -0.381 e. The Bertz CT molecular complexity index is 363. The zero-order valence-corrected chi connectivity index (χ0v) is 10.4. The lowest BCUT2D eigenvalue weighted by Crippen LogP contribution is -2.29. The summed E-state index contributed by atoms with van der Waals surface area (Å²) >= 11 is 0. The molecular formula is C13H19F3N2. The van der Waals surface area contributed by atoms with Gasteiger partial charge in [-0.05, 0) is 18.6 Å². The number of alkyl halides is 3. The fourth-order valence-electron chi connectivity index (χ4n) is 1.78. The molecule has 3 N–H and O–H groups in total. The third-order valence-corrected chi connectivity index (χ3v) is 2.78. The van der Waals surface area contributed by atoms with Crippen LogP contribution in [0.4, 0.5) is 18.9 Å². The molecule has 1 atom stereocenters. The number of rotatable bonds is 6. The van der Waals surface area contributed by atoms with Crippen molar-refractivity contribution in [2.75, 3.05) is 11.9 Å². The highest BCUT2D eigenvalue weighted by atomic mass is 19.4.